The highest BCUT2D eigenvalue weighted by Gasteiger charge is 2.17. The molecule has 2 nitrogen and oxygen atoms in total. The van der Waals surface area contributed by atoms with Crippen molar-refractivity contribution in [3.8, 4) is 6.07 Å². The van der Waals surface area contributed by atoms with Gasteiger partial charge in [-0.05, 0) is 31.4 Å². The number of nitrogens with zero attached hydrogens (tertiary/aromatic N) is 2. The summed E-state index contributed by atoms with van der Waals surface area (Å²) in [6.45, 7) is 0. The third-order valence-corrected chi connectivity index (χ3v) is 2.73. The molecule has 1 aromatic carbocycles. The predicted molar refractivity (Wildman–Crippen MR) is 61.1 cm³/mol. The molecule has 15 heavy (non-hydrogen) atoms. The van der Waals surface area contributed by atoms with Gasteiger partial charge in [0.2, 0.25) is 0 Å². The minimum Gasteiger partial charge on any atom is -0.258 e. The SMILES string of the molecule is N#CC1CCC/C(=N\c2ccccc2)C1. The third kappa shape index (κ3) is 2.66. The number of para-hydroxylation sites is 1. The van der Waals surface area contributed by atoms with Crippen LogP contribution in [0.25, 0.3) is 0 Å². The molecule has 0 saturated heterocycles. The van der Waals surface area contributed by atoms with E-state index in [1.807, 2.05) is 30.3 Å². The van der Waals surface area contributed by atoms with Crippen molar-refractivity contribution in [2.75, 3.05) is 0 Å². The minimum atomic E-state index is 0.182. The first-order valence-electron chi connectivity index (χ1n) is 5.39. The second-order valence-electron chi connectivity index (χ2n) is 3.94. The molecule has 0 N–H and O–H groups in total. The van der Waals surface area contributed by atoms with E-state index in [1.165, 1.54) is 5.71 Å². The standard InChI is InChI=1S/C13H14N2/c14-10-11-5-4-8-13(9-11)15-12-6-2-1-3-7-12/h1-3,6-7,11H,4-5,8-9H2/b15-13+. The summed E-state index contributed by atoms with van der Waals surface area (Å²) in [4.78, 5) is 4.58. The lowest BCUT2D eigenvalue weighted by Crippen LogP contribution is -2.13. The largest absolute Gasteiger partial charge is 0.258 e. The number of benzene rings is 1. The van der Waals surface area contributed by atoms with E-state index in [2.05, 4.69) is 11.1 Å². The van der Waals surface area contributed by atoms with Gasteiger partial charge in [0, 0.05) is 12.1 Å². The number of aliphatic imine (C=N–C) groups is 1. The smallest absolute Gasteiger partial charge is 0.0659 e. The highest BCUT2D eigenvalue weighted by Crippen LogP contribution is 2.23. The van der Waals surface area contributed by atoms with Crippen molar-refractivity contribution < 1.29 is 0 Å². The molecule has 0 radical (unpaired) electrons. The maximum atomic E-state index is 8.87. The molecule has 1 saturated carbocycles. The molecule has 2 heteroatoms. The number of rotatable bonds is 1. The summed E-state index contributed by atoms with van der Waals surface area (Å²) in [5.74, 6) is 0.182. The van der Waals surface area contributed by atoms with E-state index in [4.69, 9.17) is 5.26 Å². The van der Waals surface area contributed by atoms with Crippen LogP contribution in [0.2, 0.25) is 0 Å². The van der Waals surface area contributed by atoms with Crippen molar-refractivity contribution in [1.29, 1.82) is 5.26 Å². The summed E-state index contributed by atoms with van der Waals surface area (Å²) >= 11 is 0. The van der Waals surface area contributed by atoms with Crippen LogP contribution in [0.15, 0.2) is 35.3 Å². The topological polar surface area (TPSA) is 36.1 Å². The van der Waals surface area contributed by atoms with Gasteiger partial charge in [-0.2, -0.15) is 5.26 Å². The Balaban J connectivity index is 2.11. The average molecular weight is 198 g/mol. The fraction of sp³-hybridized carbons (Fsp3) is 0.385. The molecule has 1 atom stereocenters. The lowest BCUT2D eigenvalue weighted by molar-refractivity contribution is 0.559. The van der Waals surface area contributed by atoms with Gasteiger partial charge in [0.1, 0.15) is 0 Å². The molecular formula is C13H14N2. The normalized spacial score (nSPS) is 23.7. The fourth-order valence-electron chi connectivity index (χ4n) is 1.94. The Morgan fingerprint density at radius 2 is 2.07 bits per heavy atom. The molecule has 0 bridgehead atoms. The monoisotopic (exact) mass is 198 g/mol. The summed E-state index contributed by atoms with van der Waals surface area (Å²) in [7, 11) is 0. The van der Waals surface area contributed by atoms with E-state index < -0.39 is 0 Å². The Bertz CT molecular complexity index is 387. The third-order valence-electron chi connectivity index (χ3n) is 2.73. The fourth-order valence-corrected chi connectivity index (χ4v) is 1.94. The van der Waals surface area contributed by atoms with Gasteiger partial charge in [-0.3, -0.25) is 4.99 Å². The Morgan fingerprint density at radius 3 is 2.80 bits per heavy atom. The molecule has 1 unspecified atom stereocenters. The van der Waals surface area contributed by atoms with Crippen LogP contribution < -0.4 is 0 Å². The van der Waals surface area contributed by atoms with Gasteiger partial charge < -0.3 is 0 Å². The van der Waals surface area contributed by atoms with Crippen LogP contribution in [-0.2, 0) is 0 Å². The van der Waals surface area contributed by atoms with Crippen molar-refractivity contribution in [3.63, 3.8) is 0 Å². The predicted octanol–water partition coefficient (Wildman–Crippen LogP) is 3.47. The maximum Gasteiger partial charge on any atom is 0.0659 e. The van der Waals surface area contributed by atoms with Crippen LogP contribution in [0.3, 0.4) is 0 Å². The summed E-state index contributed by atoms with van der Waals surface area (Å²) < 4.78 is 0. The molecule has 0 aliphatic heterocycles. The quantitative estimate of drug-likeness (QED) is 0.680. The molecule has 1 aliphatic rings. The molecule has 0 heterocycles. The van der Waals surface area contributed by atoms with Gasteiger partial charge in [-0.15, -0.1) is 0 Å². The molecule has 0 amide bonds. The van der Waals surface area contributed by atoms with Crippen molar-refractivity contribution >= 4 is 11.4 Å². The average Bonchev–Trinajstić information content (AvgIpc) is 2.31. The lowest BCUT2D eigenvalue weighted by atomic mass is 9.89. The number of hydrogen-bond acceptors (Lipinski definition) is 2. The molecule has 1 fully saturated rings. The Labute approximate surface area is 90.3 Å². The highest BCUT2D eigenvalue weighted by atomic mass is 14.7. The van der Waals surface area contributed by atoms with Crippen LogP contribution in [0.5, 0.6) is 0 Å². The van der Waals surface area contributed by atoms with Gasteiger partial charge in [0.05, 0.1) is 17.7 Å². The first kappa shape index (κ1) is 9.92. The zero-order valence-corrected chi connectivity index (χ0v) is 8.69. The summed E-state index contributed by atoms with van der Waals surface area (Å²) in [6.07, 6.45) is 4.03. The summed E-state index contributed by atoms with van der Waals surface area (Å²) in [5, 5.41) is 8.87. The van der Waals surface area contributed by atoms with E-state index in [9.17, 15) is 0 Å². The van der Waals surface area contributed by atoms with E-state index >= 15 is 0 Å². The van der Waals surface area contributed by atoms with Gasteiger partial charge >= 0.3 is 0 Å². The van der Waals surface area contributed by atoms with Crippen molar-refractivity contribution in [2.24, 2.45) is 10.9 Å². The molecule has 1 aromatic rings. The van der Waals surface area contributed by atoms with E-state index in [0.717, 1.165) is 31.4 Å². The first-order valence-corrected chi connectivity index (χ1v) is 5.39. The van der Waals surface area contributed by atoms with Crippen molar-refractivity contribution in [3.05, 3.63) is 30.3 Å². The van der Waals surface area contributed by atoms with Crippen LogP contribution in [0.4, 0.5) is 5.69 Å². The van der Waals surface area contributed by atoms with Crippen molar-refractivity contribution in [2.45, 2.75) is 25.7 Å². The minimum absolute atomic E-state index is 0.182. The van der Waals surface area contributed by atoms with Crippen LogP contribution in [-0.4, -0.2) is 5.71 Å². The summed E-state index contributed by atoms with van der Waals surface area (Å²) in [5.41, 5.74) is 2.19. The Morgan fingerprint density at radius 1 is 1.27 bits per heavy atom. The van der Waals surface area contributed by atoms with E-state index in [-0.39, 0.29) is 5.92 Å². The van der Waals surface area contributed by atoms with Gasteiger partial charge in [0.15, 0.2) is 0 Å². The lowest BCUT2D eigenvalue weighted by Gasteiger charge is -2.17. The van der Waals surface area contributed by atoms with E-state index in [1.54, 1.807) is 0 Å². The second kappa shape index (κ2) is 4.75. The molecule has 76 valence electrons. The first-order chi connectivity index (χ1) is 7.38. The van der Waals surface area contributed by atoms with Crippen LogP contribution in [0.1, 0.15) is 25.7 Å². The zero-order valence-electron chi connectivity index (χ0n) is 8.69. The van der Waals surface area contributed by atoms with Crippen LogP contribution in [0, 0.1) is 17.2 Å². The van der Waals surface area contributed by atoms with Gasteiger partial charge in [-0.1, -0.05) is 18.2 Å². The molecule has 0 aromatic heterocycles. The highest BCUT2D eigenvalue weighted by molar-refractivity contribution is 5.87. The Hall–Kier alpha value is -1.62. The van der Waals surface area contributed by atoms with E-state index in [0.29, 0.717) is 0 Å². The van der Waals surface area contributed by atoms with Gasteiger partial charge in [-0.25, -0.2) is 0 Å². The molecular weight excluding hydrogens is 184 g/mol. The molecule has 1 aliphatic carbocycles. The zero-order chi connectivity index (χ0) is 10.5. The molecule has 2 rings (SSSR count). The molecule has 0 spiro atoms. The number of nitriles is 1. The maximum absolute atomic E-state index is 8.87. The summed E-state index contributed by atoms with van der Waals surface area (Å²) in [6, 6.07) is 12.3. The Kier molecular flexibility index (Phi) is 3.14. The van der Waals surface area contributed by atoms with Gasteiger partial charge in [0.25, 0.3) is 0 Å². The van der Waals surface area contributed by atoms with Crippen molar-refractivity contribution in [1.82, 2.24) is 0 Å². The van der Waals surface area contributed by atoms with Crippen LogP contribution >= 0.6 is 0 Å². The second-order valence-corrected chi connectivity index (χ2v) is 3.94. The number of hydrogen-bond donors (Lipinski definition) is 0.